The molecule has 21 heavy (non-hydrogen) atoms. The Morgan fingerprint density at radius 2 is 1.86 bits per heavy atom. The molecule has 0 saturated carbocycles. The first-order chi connectivity index (χ1) is 10.0. The van der Waals surface area contributed by atoms with Crippen molar-refractivity contribution in [2.45, 2.75) is 39.8 Å². The van der Waals surface area contributed by atoms with Gasteiger partial charge in [-0.05, 0) is 38.9 Å². The molecule has 0 bridgehead atoms. The number of nitrogens with zero attached hydrogens (tertiary/aromatic N) is 2. The van der Waals surface area contributed by atoms with Gasteiger partial charge in [-0.1, -0.05) is 24.3 Å². The van der Waals surface area contributed by atoms with Gasteiger partial charge in [0.25, 0.3) is 0 Å². The molecule has 2 N–H and O–H groups in total. The van der Waals surface area contributed by atoms with Crippen molar-refractivity contribution < 1.29 is 4.79 Å². The molecule has 118 valence electrons. The summed E-state index contributed by atoms with van der Waals surface area (Å²) in [6, 6.07) is 8.42. The number of aryl methyl sites for hydroxylation is 1. The molecule has 0 spiro atoms. The van der Waals surface area contributed by atoms with Crippen LogP contribution in [0.5, 0.6) is 0 Å². The molecule has 0 saturated heterocycles. The second-order valence-corrected chi connectivity index (χ2v) is 5.50. The zero-order valence-corrected chi connectivity index (χ0v) is 13.8. The van der Waals surface area contributed by atoms with E-state index in [-0.39, 0.29) is 11.9 Å². The van der Waals surface area contributed by atoms with Gasteiger partial charge >= 0.3 is 0 Å². The summed E-state index contributed by atoms with van der Waals surface area (Å²) in [6.45, 7) is 8.96. The van der Waals surface area contributed by atoms with Crippen LogP contribution in [0.1, 0.15) is 31.4 Å². The second kappa shape index (κ2) is 8.80. The molecule has 0 aromatic heterocycles. The lowest BCUT2D eigenvalue weighted by Gasteiger charge is -2.29. The van der Waals surface area contributed by atoms with E-state index in [0.29, 0.717) is 13.0 Å². The van der Waals surface area contributed by atoms with E-state index in [1.165, 1.54) is 11.1 Å². The zero-order chi connectivity index (χ0) is 15.8. The smallest absolute Gasteiger partial charge is 0.224 e. The highest BCUT2D eigenvalue weighted by atomic mass is 16.2. The van der Waals surface area contributed by atoms with Crippen LogP contribution in [0.25, 0.3) is 0 Å². The van der Waals surface area contributed by atoms with E-state index in [4.69, 9.17) is 5.73 Å². The topological polar surface area (TPSA) is 49.6 Å². The minimum Gasteiger partial charge on any atom is -0.343 e. The van der Waals surface area contributed by atoms with Gasteiger partial charge in [-0.3, -0.25) is 9.69 Å². The lowest BCUT2D eigenvalue weighted by Crippen LogP contribution is -2.42. The Morgan fingerprint density at radius 3 is 2.38 bits per heavy atom. The van der Waals surface area contributed by atoms with Crippen molar-refractivity contribution in [3.8, 4) is 0 Å². The monoisotopic (exact) mass is 291 g/mol. The van der Waals surface area contributed by atoms with E-state index in [0.717, 1.165) is 19.6 Å². The molecule has 1 amide bonds. The highest BCUT2D eigenvalue weighted by Gasteiger charge is 2.20. The summed E-state index contributed by atoms with van der Waals surface area (Å²) in [5.74, 6) is 0.187. The maximum absolute atomic E-state index is 12.2. The van der Waals surface area contributed by atoms with Crippen LogP contribution in [-0.2, 0) is 11.3 Å². The van der Waals surface area contributed by atoms with Gasteiger partial charge in [-0.25, -0.2) is 0 Å². The zero-order valence-electron chi connectivity index (χ0n) is 13.8. The van der Waals surface area contributed by atoms with Gasteiger partial charge in [0.15, 0.2) is 0 Å². The Morgan fingerprint density at radius 1 is 1.24 bits per heavy atom. The largest absolute Gasteiger partial charge is 0.343 e. The molecular weight excluding hydrogens is 262 g/mol. The van der Waals surface area contributed by atoms with Crippen molar-refractivity contribution in [3.05, 3.63) is 35.4 Å². The summed E-state index contributed by atoms with van der Waals surface area (Å²) in [7, 11) is 2.04. The molecule has 1 unspecified atom stereocenters. The van der Waals surface area contributed by atoms with E-state index in [1.54, 1.807) is 0 Å². The lowest BCUT2D eigenvalue weighted by molar-refractivity contribution is -0.132. The van der Waals surface area contributed by atoms with Gasteiger partial charge in [-0.15, -0.1) is 0 Å². The number of carbonyl (C=O) groups is 1. The number of rotatable bonds is 8. The molecule has 4 heteroatoms. The third kappa shape index (κ3) is 5.14. The van der Waals surface area contributed by atoms with Crippen LogP contribution >= 0.6 is 0 Å². The first-order valence-corrected chi connectivity index (χ1v) is 7.76. The van der Waals surface area contributed by atoms with Crippen molar-refractivity contribution >= 4 is 5.91 Å². The molecule has 1 atom stereocenters. The van der Waals surface area contributed by atoms with Crippen molar-refractivity contribution in [3.63, 3.8) is 0 Å². The van der Waals surface area contributed by atoms with E-state index in [1.807, 2.05) is 31.9 Å². The quantitative estimate of drug-likeness (QED) is 0.797. The third-order valence-electron chi connectivity index (χ3n) is 4.10. The molecular formula is C17H29N3O. The fourth-order valence-electron chi connectivity index (χ4n) is 2.51. The Bertz CT molecular complexity index is 443. The first-order valence-electron chi connectivity index (χ1n) is 7.76. The van der Waals surface area contributed by atoms with Crippen LogP contribution in [0.2, 0.25) is 0 Å². The number of amides is 1. The fraction of sp³-hybridized carbons (Fsp3) is 0.588. The average molecular weight is 291 g/mol. The van der Waals surface area contributed by atoms with Crippen LogP contribution in [0.15, 0.2) is 24.3 Å². The Labute approximate surface area is 128 Å². The number of hydrogen-bond acceptors (Lipinski definition) is 3. The molecule has 1 aromatic rings. The summed E-state index contributed by atoms with van der Waals surface area (Å²) in [5.41, 5.74) is 8.44. The second-order valence-electron chi connectivity index (χ2n) is 5.50. The van der Waals surface area contributed by atoms with Crippen molar-refractivity contribution in [1.29, 1.82) is 0 Å². The van der Waals surface area contributed by atoms with E-state index in [9.17, 15) is 4.79 Å². The van der Waals surface area contributed by atoms with E-state index < -0.39 is 0 Å². The van der Waals surface area contributed by atoms with Gasteiger partial charge in [-0.2, -0.15) is 0 Å². The SMILES string of the molecule is CCN(CC)C(=O)CC(CN)N(C)Cc1ccccc1C. The molecule has 1 rings (SSSR count). The highest BCUT2D eigenvalue weighted by Crippen LogP contribution is 2.13. The van der Waals surface area contributed by atoms with Crippen molar-refractivity contribution in [1.82, 2.24) is 9.80 Å². The summed E-state index contributed by atoms with van der Waals surface area (Å²) in [4.78, 5) is 16.3. The van der Waals surface area contributed by atoms with Gasteiger partial charge in [0.05, 0.1) is 0 Å². The van der Waals surface area contributed by atoms with Crippen molar-refractivity contribution in [2.75, 3.05) is 26.7 Å². The predicted octanol–water partition coefficient (Wildman–Crippen LogP) is 2.01. The summed E-state index contributed by atoms with van der Waals surface area (Å²) in [6.07, 6.45) is 0.487. The molecule has 1 aromatic carbocycles. The first kappa shape index (κ1) is 17.7. The van der Waals surface area contributed by atoms with Crippen LogP contribution in [0.4, 0.5) is 0 Å². The Balaban J connectivity index is 2.67. The van der Waals surface area contributed by atoms with Gasteiger partial charge < -0.3 is 10.6 Å². The van der Waals surface area contributed by atoms with Gasteiger partial charge in [0.1, 0.15) is 0 Å². The molecule has 4 nitrogen and oxygen atoms in total. The van der Waals surface area contributed by atoms with Crippen LogP contribution in [0.3, 0.4) is 0 Å². The maximum atomic E-state index is 12.2. The molecule has 0 radical (unpaired) electrons. The maximum Gasteiger partial charge on any atom is 0.224 e. The number of likely N-dealkylation sites (N-methyl/N-ethyl adjacent to an activating group) is 1. The molecule has 0 aliphatic heterocycles. The number of carbonyl (C=O) groups excluding carboxylic acids is 1. The van der Waals surface area contributed by atoms with Crippen LogP contribution in [-0.4, -0.2) is 48.4 Å². The van der Waals surface area contributed by atoms with Crippen LogP contribution in [0, 0.1) is 6.92 Å². The summed E-state index contributed by atoms with van der Waals surface area (Å²) >= 11 is 0. The summed E-state index contributed by atoms with van der Waals surface area (Å²) in [5, 5.41) is 0. The lowest BCUT2D eigenvalue weighted by atomic mass is 10.1. The average Bonchev–Trinajstić information content (AvgIpc) is 2.48. The highest BCUT2D eigenvalue weighted by molar-refractivity contribution is 5.76. The third-order valence-corrected chi connectivity index (χ3v) is 4.10. The normalized spacial score (nSPS) is 12.5. The van der Waals surface area contributed by atoms with Gasteiger partial charge in [0.2, 0.25) is 5.91 Å². The Kier molecular flexibility index (Phi) is 7.40. The Hall–Kier alpha value is -1.39. The molecule has 0 aliphatic carbocycles. The standard InChI is InChI=1S/C17H29N3O/c1-5-20(6-2)17(21)11-16(12-18)19(4)13-15-10-8-7-9-14(15)3/h7-10,16H,5-6,11-13,18H2,1-4H3. The number of nitrogens with two attached hydrogens (primary N) is 1. The molecule has 0 heterocycles. The molecule has 0 aliphatic rings. The minimum absolute atomic E-state index is 0.0812. The molecule has 0 fully saturated rings. The predicted molar refractivity (Wildman–Crippen MR) is 88.0 cm³/mol. The minimum atomic E-state index is 0.0812. The fourth-order valence-corrected chi connectivity index (χ4v) is 2.51. The summed E-state index contributed by atoms with van der Waals surface area (Å²) < 4.78 is 0. The number of hydrogen-bond donors (Lipinski definition) is 1. The van der Waals surface area contributed by atoms with E-state index >= 15 is 0 Å². The van der Waals surface area contributed by atoms with Crippen LogP contribution < -0.4 is 5.73 Å². The number of benzene rings is 1. The van der Waals surface area contributed by atoms with Crippen molar-refractivity contribution in [2.24, 2.45) is 5.73 Å². The van der Waals surface area contributed by atoms with E-state index in [2.05, 4.69) is 30.0 Å². The van der Waals surface area contributed by atoms with Gasteiger partial charge in [0, 0.05) is 38.6 Å².